The monoisotopic (exact) mass is 301 g/mol. The van der Waals surface area contributed by atoms with Crippen molar-refractivity contribution in [2.45, 2.75) is 17.9 Å². The molecule has 0 amide bonds. The van der Waals surface area contributed by atoms with Gasteiger partial charge in [0.15, 0.2) is 0 Å². The number of sulfonamides is 1. The van der Waals surface area contributed by atoms with Crippen molar-refractivity contribution in [3.63, 3.8) is 0 Å². The summed E-state index contributed by atoms with van der Waals surface area (Å²) in [5, 5.41) is 9.00. The van der Waals surface area contributed by atoms with Gasteiger partial charge in [-0.25, -0.2) is 13.2 Å². The first-order chi connectivity index (χ1) is 9.23. The van der Waals surface area contributed by atoms with Crippen molar-refractivity contribution < 1.29 is 18.3 Å². The van der Waals surface area contributed by atoms with E-state index in [9.17, 15) is 13.2 Å². The average molecular weight is 301 g/mol. The van der Waals surface area contributed by atoms with Crippen LogP contribution in [0.4, 0.5) is 0 Å². The standard InChI is InChI=1S/C12H19N3O4S/c1-9-7-15(5-4-13(9)2)20(18,19)10-6-11(12(16)17)14(3)8-10/h6,8-9H,4-5,7H2,1-3H3,(H,16,17). The third-order valence-corrected chi connectivity index (χ3v) is 5.59. The van der Waals surface area contributed by atoms with E-state index in [1.807, 2.05) is 14.0 Å². The van der Waals surface area contributed by atoms with E-state index in [1.165, 1.54) is 28.2 Å². The van der Waals surface area contributed by atoms with E-state index >= 15 is 0 Å². The Morgan fingerprint density at radius 3 is 2.50 bits per heavy atom. The number of hydrogen-bond acceptors (Lipinski definition) is 4. The Morgan fingerprint density at radius 1 is 1.35 bits per heavy atom. The second kappa shape index (κ2) is 5.19. The molecule has 0 aromatic carbocycles. The molecule has 112 valence electrons. The van der Waals surface area contributed by atoms with Crippen LogP contribution < -0.4 is 0 Å². The summed E-state index contributed by atoms with van der Waals surface area (Å²) in [6.45, 7) is 3.46. The lowest BCUT2D eigenvalue weighted by Crippen LogP contribution is -2.51. The molecule has 2 heterocycles. The summed E-state index contributed by atoms with van der Waals surface area (Å²) in [4.78, 5) is 13.1. The molecule has 1 aromatic rings. The Hall–Kier alpha value is -1.38. The van der Waals surface area contributed by atoms with Gasteiger partial charge < -0.3 is 14.6 Å². The van der Waals surface area contributed by atoms with Crippen LogP contribution in [-0.2, 0) is 17.1 Å². The molecule has 1 aliphatic heterocycles. The molecule has 1 saturated heterocycles. The number of carboxylic acids is 1. The van der Waals surface area contributed by atoms with Gasteiger partial charge in [-0.2, -0.15) is 4.31 Å². The SMILES string of the molecule is CC1CN(S(=O)(=O)c2cc(C(=O)O)n(C)c2)CCN1C. The maximum absolute atomic E-state index is 12.5. The van der Waals surface area contributed by atoms with E-state index in [0.29, 0.717) is 19.6 Å². The maximum Gasteiger partial charge on any atom is 0.352 e. The van der Waals surface area contributed by atoms with Crippen LogP contribution in [-0.4, -0.2) is 66.0 Å². The molecule has 20 heavy (non-hydrogen) atoms. The fourth-order valence-electron chi connectivity index (χ4n) is 2.27. The Bertz CT molecular complexity index is 623. The smallest absolute Gasteiger partial charge is 0.352 e. The summed E-state index contributed by atoms with van der Waals surface area (Å²) < 4.78 is 27.8. The van der Waals surface area contributed by atoms with Crippen molar-refractivity contribution in [2.24, 2.45) is 7.05 Å². The number of piperazine rings is 1. The van der Waals surface area contributed by atoms with Crippen molar-refractivity contribution in [1.82, 2.24) is 13.8 Å². The minimum Gasteiger partial charge on any atom is -0.477 e. The molecule has 7 nitrogen and oxygen atoms in total. The summed E-state index contributed by atoms with van der Waals surface area (Å²) in [5.41, 5.74) is -0.0363. The highest BCUT2D eigenvalue weighted by molar-refractivity contribution is 7.89. The molecule has 1 N–H and O–H groups in total. The predicted molar refractivity (Wildman–Crippen MR) is 73.2 cm³/mol. The zero-order chi connectivity index (χ0) is 15.1. The van der Waals surface area contributed by atoms with Crippen LogP contribution >= 0.6 is 0 Å². The third-order valence-electron chi connectivity index (χ3n) is 3.76. The Morgan fingerprint density at radius 2 is 2.00 bits per heavy atom. The van der Waals surface area contributed by atoms with Crippen LogP contribution in [0.15, 0.2) is 17.2 Å². The van der Waals surface area contributed by atoms with Gasteiger partial charge in [0.2, 0.25) is 10.0 Å². The molecule has 0 saturated carbocycles. The van der Waals surface area contributed by atoms with Crippen molar-refractivity contribution >= 4 is 16.0 Å². The highest BCUT2D eigenvalue weighted by atomic mass is 32.2. The van der Waals surface area contributed by atoms with E-state index in [4.69, 9.17) is 5.11 Å². The highest BCUT2D eigenvalue weighted by Gasteiger charge is 2.32. The van der Waals surface area contributed by atoms with Crippen LogP contribution in [0.3, 0.4) is 0 Å². The summed E-state index contributed by atoms with van der Waals surface area (Å²) >= 11 is 0. The fraction of sp³-hybridized carbons (Fsp3) is 0.583. The second-order valence-corrected chi connectivity index (χ2v) is 7.11. The molecule has 1 aliphatic rings. The first-order valence-electron chi connectivity index (χ1n) is 6.33. The van der Waals surface area contributed by atoms with Gasteiger partial charge in [0.1, 0.15) is 10.6 Å². The van der Waals surface area contributed by atoms with Crippen LogP contribution in [0.1, 0.15) is 17.4 Å². The number of aromatic nitrogens is 1. The molecule has 0 aliphatic carbocycles. The average Bonchev–Trinajstić information content (AvgIpc) is 2.75. The van der Waals surface area contributed by atoms with Crippen LogP contribution in [0.5, 0.6) is 0 Å². The lowest BCUT2D eigenvalue weighted by atomic mass is 10.2. The highest BCUT2D eigenvalue weighted by Crippen LogP contribution is 2.21. The lowest BCUT2D eigenvalue weighted by molar-refractivity contribution is 0.0686. The molecular formula is C12H19N3O4S. The van der Waals surface area contributed by atoms with E-state index in [0.717, 1.165) is 0 Å². The number of aryl methyl sites for hydroxylation is 1. The number of nitrogens with zero attached hydrogens (tertiary/aromatic N) is 3. The molecule has 0 bridgehead atoms. The van der Waals surface area contributed by atoms with E-state index in [-0.39, 0.29) is 16.6 Å². The topological polar surface area (TPSA) is 82.9 Å². The number of aromatic carboxylic acids is 1. The maximum atomic E-state index is 12.5. The number of hydrogen-bond donors (Lipinski definition) is 1. The first kappa shape index (κ1) is 15.0. The Labute approximate surface area is 118 Å². The lowest BCUT2D eigenvalue weighted by Gasteiger charge is -2.36. The quantitative estimate of drug-likeness (QED) is 0.853. The van der Waals surface area contributed by atoms with Crippen LogP contribution in [0, 0.1) is 0 Å². The first-order valence-corrected chi connectivity index (χ1v) is 7.77. The van der Waals surface area contributed by atoms with Crippen molar-refractivity contribution in [1.29, 1.82) is 0 Å². The Balaban J connectivity index is 2.31. The largest absolute Gasteiger partial charge is 0.477 e. The molecule has 0 spiro atoms. The molecular weight excluding hydrogens is 282 g/mol. The van der Waals surface area contributed by atoms with E-state index < -0.39 is 16.0 Å². The predicted octanol–water partition coefficient (Wildman–Crippen LogP) is 0.0479. The van der Waals surface area contributed by atoms with Gasteiger partial charge in [-0.1, -0.05) is 0 Å². The Kier molecular flexibility index (Phi) is 3.90. The number of likely N-dealkylation sites (N-methyl/N-ethyl adjacent to an activating group) is 1. The number of carbonyl (C=O) groups is 1. The molecule has 8 heteroatoms. The number of rotatable bonds is 3. The van der Waals surface area contributed by atoms with E-state index in [1.54, 1.807) is 0 Å². The molecule has 1 fully saturated rings. The van der Waals surface area contributed by atoms with Crippen molar-refractivity contribution in [2.75, 3.05) is 26.7 Å². The molecule has 1 unspecified atom stereocenters. The fourth-order valence-corrected chi connectivity index (χ4v) is 3.85. The van der Waals surface area contributed by atoms with Crippen molar-refractivity contribution in [3.8, 4) is 0 Å². The third kappa shape index (κ3) is 2.58. The molecule has 1 aromatic heterocycles. The normalized spacial score (nSPS) is 22.1. The van der Waals surface area contributed by atoms with Gasteiger partial charge >= 0.3 is 5.97 Å². The van der Waals surface area contributed by atoms with Gasteiger partial charge in [0, 0.05) is 38.9 Å². The molecule has 1 atom stereocenters. The summed E-state index contributed by atoms with van der Waals surface area (Å²) in [6, 6.07) is 1.35. The molecule has 2 rings (SSSR count). The van der Waals surface area contributed by atoms with Gasteiger partial charge in [0.05, 0.1) is 0 Å². The zero-order valence-electron chi connectivity index (χ0n) is 11.8. The van der Waals surface area contributed by atoms with Gasteiger partial charge in [-0.3, -0.25) is 0 Å². The summed E-state index contributed by atoms with van der Waals surface area (Å²) in [5.74, 6) is -1.14. The van der Waals surface area contributed by atoms with Gasteiger partial charge in [-0.05, 0) is 20.0 Å². The van der Waals surface area contributed by atoms with Crippen LogP contribution in [0.2, 0.25) is 0 Å². The zero-order valence-corrected chi connectivity index (χ0v) is 12.6. The summed E-state index contributed by atoms with van der Waals surface area (Å²) in [7, 11) is -0.150. The van der Waals surface area contributed by atoms with Gasteiger partial charge in [0.25, 0.3) is 0 Å². The van der Waals surface area contributed by atoms with Gasteiger partial charge in [-0.15, -0.1) is 0 Å². The van der Waals surface area contributed by atoms with Crippen molar-refractivity contribution in [3.05, 3.63) is 18.0 Å². The van der Waals surface area contributed by atoms with E-state index in [2.05, 4.69) is 4.90 Å². The summed E-state index contributed by atoms with van der Waals surface area (Å²) in [6.07, 6.45) is 1.35. The second-order valence-electron chi connectivity index (χ2n) is 5.17. The number of carboxylic acid groups (broad SMARTS) is 1. The molecule has 0 radical (unpaired) electrons. The van der Waals surface area contributed by atoms with Crippen LogP contribution in [0.25, 0.3) is 0 Å². The minimum absolute atomic E-state index is 0.0363. The minimum atomic E-state index is -3.63.